The van der Waals surface area contributed by atoms with Crippen molar-refractivity contribution in [3.05, 3.63) is 85.0 Å². The van der Waals surface area contributed by atoms with Gasteiger partial charge in [0.15, 0.2) is 11.4 Å². The summed E-state index contributed by atoms with van der Waals surface area (Å²) in [6.45, 7) is 4.05. The Kier molecular flexibility index (Phi) is 5.91. The number of nitrogens with zero attached hydrogens (tertiary/aromatic N) is 3. The van der Waals surface area contributed by atoms with Crippen LogP contribution in [-0.4, -0.2) is 27.9 Å². The van der Waals surface area contributed by atoms with Crippen molar-refractivity contribution < 1.29 is 9.15 Å². The average Bonchev–Trinajstić information content (AvgIpc) is 3.59. The number of aromatic nitrogens is 3. The maximum absolute atomic E-state index is 6.38. The first kappa shape index (κ1) is 22.4. The largest absolute Gasteiger partial charge is 0.479 e. The molecule has 36 heavy (non-hydrogen) atoms. The molecule has 182 valence electrons. The fourth-order valence-corrected chi connectivity index (χ4v) is 4.91. The van der Waals surface area contributed by atoms with Crippen LogP contribution in [0.4, 0.5) is 5.82 Å². The number of nitrogens with one attached hydrogen (secondary N) is 1. The Morgan fingerprint density at radius 3 is 2.67 bits per heavy atom. The molecule has 0 aliphatic carbocycles. The van der Waals surface area contributed by atoms with Gasteiger partial charge in [0.25, 0.3) is 0 Å². The van der Waals surface area contributed by atoms with Crippen LogP contribution in [0.25, 0.3) is 33.2 Å². The summed E-state index contributed by atoms with van der Waals surface area (Å²) in [7, 11) is 0. The van der Waals surface area contributed by atoms with Crippen molar-refractivity contribution in [1.82, 2.24) is 20.1 Å². The molecular weight excluding hydrogens is 450 g/mol. The lowest BCUT2D eigenvalue weighted by molar-refractivity contribution is 0.228. The topological polar surface area (TPSA) is 91.1 Å². The number of rotatable bonds is 6. The highest BCUT2D eigenvalue weighted by molar-refractivity contribution is 5.97. The zero-order valence-corrected chi connectivity index (χ0v) is 20.2. The molecule has 1 atom stereocenters. The van der Waals surface area contributed by atoms with Gasteiger partial charge in [-0.3, -0.25) is 4.68 Å². The fraction of sp³-hybridized carbons (Fsp3) is 0.241. The summed E-state index contributed by atoms with van der Waals surface area (Å²) in [5.74, 6) is 0.766. The second-order valence-corrected chi connectivity index (χ2v) is 9.31. The maximum Gasteiger partial charge on any atom is 0.205 e. The van der Waals surface area contributed by atoms with Gasteiger partial charge in [-0.15, -0.1) is 0 Å². The monoisotopic (exact) mass is 479 g/mol. The molecule has 4 heterocycles. The van der Waals surface area contributed by atoms with E-state index in [9.17, 15) is 0 Å². The molecule has 1 aliphatic heterocycles. The van der Waals surface area contributed by atoms with Gasteiger partial charge in [0.05, 0.1) is 17.6 Å². The number of furan rings is 1. The minimum atomic E-state index is -0.250. The molecule has 1 fully saturated rings. The van der Waals surface area contributed by atoms with E-state index in [0.29, 0.717) is 23.2 Å². The Morgan fingerprint density at radius 1 is 1.03 bits per heavy atom. The van der Waals surface area contributed by atoms with Crippen molar-refractivity contribution in [2.75, 3.05) is 18.8 Å². The van der Waals surface area contributed by atoms with Gasteiger partial charge in [-0.2, -0.15) is 5.10 Å². The Labute approximate surface area is 209 Å². The second-order valence-electron chi connectivity index (χ2n) is 9.31. The molecule has 2 aromatic carbocycles. The molecule has 7 heteroatoms. The van der Waals surface area contributed by atoms with Crippen LogP contribution in [0.5, 0.6) is 5.75 Å². The predicted molar refractivity (Wildman–Crippen MR) is 142 cm³/mol. The van der Waals surface area contributed by atoms with E-state index >= 15 is 0 Å². The van der Waals surface area contributed by atoms with Gasteiger partial charge in [-0.25, -0.2) is 4.98 Å². The Hall–Kier alpha value is -4.10. The molecule has 5 aromatic rings. The van der Waals surface area contributed by atoms with Crippen molar-refractivity contribution >= 4 is 16.8 Å². The molecule has 0 radical (unpaired) electrons. The van der Waals surface area contributed by atoms with Crippen LogP contribution in [0.2, 0.25) is 0 Å². The molecule has 3 N–H and O–H groups in total. The van der Waals surface area contributed by atoms with Gasteiger partial charge < -0.3 is 20.2 Å². The number of pyridine rings is 1. The molecule has 0 saturated carbocycles. The first-order valence-electron chi connectivity index (χ1n) is 12.4. The fourth-order valence-electron chi connectivity index (χ4n) is 4.91. The van der Waals surface area contributed by atoms with Gasteiger partial charge in [-0.05, 0) is 55.6 Å². The van der Waals surface area contributed by atoms with Crippen molar-refractivity contribution in [3.63, 3.8) is 0 Å². The lowest BCUT2D eigenvalue weighted by Gasteiger charge is -2.22. The van der Waals surface area contributed by atoms with Gasteiger partial charge >= 0.3 is 0 Å². The lowest BCUT2D eigenvalue weighted by atomic mass is 10.0. The number of nitrogens with two attached hydrogens (primary N) is 1. The lowest BCUT2D eigenvalue weighted by Crippen LogP contribution is -2.29. The third-order valence-corrected chi connectivity index (χ3v) is 6.95. The number of fused-ring (bicyclic) bond motifs is 1. The van der Waals surface area contributed by atoms with E-state index in [1.807, 2.05) is 37.4 Å². The minimum Gasteiger partial charge on any atom is -0.479 e. The summed E-state index contributed by atoms with van der Waals surface area (Å²) in [6, 6.07) is 19.1. The number of piperidine rings is 1. The van der Waals surface area contributed by atoms with Crippen LogP contribution in [0, 0.1) is 0 Å². The SMILES string of the molecule is CC(Oc1c(N)ncc2c(-c3cnn(C4CCNCC4)c3)coc12)c1cccc(-c2ccccc2)c1. The van der Waals surface area contributed by atoms with Crippen LogP contribution in [0.15, 0.2) is 83.9 Å². The van der Waals surface area contributed by atoms with E-state index in [1.54, 1.807) is 12.5 Å². The van der Waals surface area contributed by atoms with E-state index < -0.39 is 0 Å². The number of nitrogen functional groups attached to an aromatic ring is 1. The summed E-state index contributed by atoms with van der Waals surface area (Å²) >= 11 is 0. The van der Waals surface area contributed by atoms with E-state index in [1.165, 1.54) is 0 Å². The van der Waals surface area contributed by atoms with E-state index in [2.05, 4.69) is 56.6 Å². The van der Waals surface area contributed by atoms with Crippen LogP contribution >= 0.6 is 0 Å². The molecule has 0 bridgehead atoms. The molecule has 6 rings (SSSR count). The van der Waals surface area contributed by atoms with Crippen molar-refractivity contribution in [2.24, 2.45) is 0 Å². The van der Waals surface area contributed by atoms with Crippen LogP contribution < -0.4 is 15.8 Å². The van der Waals surface area contributed by atoms with E-state index in [-0.39, 0.29) is 6.10 Å². The highest BCUT2D eigenvalue weighted by Crippen LogP contribution is 2.40. The summed E-state index contributed by atoms with van der Waals surface area (Å²) in [4.78, 5) is 4.43. The second kappa shape index (κ2) is 9.51. The summed E-state index contributed by atoms with van der Waals surface area (Å²) < 4.78 is 14.5. The number of anilines is 1. The van der Waals surface area contributed by atoms with Gasteiger partial charge in [-0.1, -0.05) is 48.5 Å². The summed E-state index contributed by atoms with van der Waals surface area (Å²) in [5, 5.41) is 8.89. The maximum atomic E-state index is 6.38. The van der Waals surface area contributed by atoms with E-state index in [0.717, 1.165) is 59.1 Å². The van der Waals surface area contributed by atoms with Crippen molar-refractivity contribution in [1.29, 1.82) is 0 Å². The van der Waals surface area contributed by atoms with Crippen LogP contribution in [0.1, 0.15) is 37.5 Å². The summed E-state index contributed by atoms with van der Waals surface area (Å²) in [5.41, 5.74) is 12.1. The van der Waals surface area contributed by atoms with Crippen molar-refractivity contribution in [3.8, 4) is 28.0 Å². The number of benzene rings is 2. The zero-order chi connectivity index (χ0) is 24.5. The first-order chi connectivity index (χ1) is 17.7. The van der Waals surface area contributed by atoms with Gasteiger partial charge in [0.2, 0.25) is 5.75 Å². The highest BCUT2D eigenvalue weighted by atomic mass is 16.5. The normalized spacial score (nSPS) is 15.2. The van der Waals surface area contributed by atoms with Crippen molar-refractivity contribution in [2.45, 2.75) is 31.9 Å². The smallest absolute Gasteiger partial charge is 0.205 e. The average molecular weight is 480 g/mol. The van der Waals surface area contributed by atoms with Gasteiger partial charge in [0.1, 0.15) is 12.4 Å². The zero-order valence-electron chi connectivity index (χ0n) is 20.2. The molecule has 1 saturated heterocycles. The Morgan fingerprint density at radius 2 is 1.83 bits per heavy atom. The molecule has 7 nitrogen and oxygen atoms in total. The van der Waals surface area contributed by atoms with E-state index in [4.69, 9.17) is 14.9 Å². The molecule has 1 unspecified atom stereocenters. The van der Waals surface area contributed by atoms with Crippen LogP contribution in [-0.2, 0) is 0 Å². The summed E-state index contributed by atoms with van der Waals surface area (Å²) in [6.07, 6.45) is 9.37. The van der Waals surface area contributed by atoms with Gasteiger partial charge in [0, 0.05) is 23.5 Å². The number of hydrogen-bond donors (Lipinski definition) is 2. The molecule has 0 amide bonds. The quantitative estimate of drug-likeness (QED) is 0.310. The third kappa shape index (κ3) is 4.22. The minimum absolute atomic E-state index is 0.250. The Bertz CT molecular complexity index is 1480. The number of hydrogen-bond acceptors (Lipinski definition) is 6. The first-order valence-corrected chi connectivity index (χ1v) is 12.4. The van der Waals surface area contributed by atoms with Crippen LogP contribution in [0.3, 0.4) is 0 Å². The predicted octanol–water partition coefficient (Wildman–Crippen LogP) is 6.01. The molecular formula is C29H29N5O2. The molecule has 1 aliphatic rings. The molecule has 0 spiro atoms. The standard InChI is InChI=1S/C29H29N5O2/c1-19(21-8-5-9-22(14-21)20-6-3-2-4-7-20)36-28-27-25(16-32-29(28)30)26(18-35-27)23-15-33-34(17-23)24-10-12-31-13-11-24/h2-9,14-19,24,31H,10-13H2,1H3,(H2,30,32). The highest BCUT2D eigenvalue weighted by Gasteiger charge is 2.21. The third-order valence-electron chi connectivity index (χ3n) is 6.95. The Balaban J connectivity index is 1.29. The number of ether oxygens (including phenoxy) is 1. The molecule has 3 aromatic heterocycles.